The van der Waals surface area contributed by atoms with Gasteiger partial charge in [-0.1, -0.05) is 6.07 Å². The molecule has 0 unspecified atom stereocenters. The van der Waals surface area contributed by atoms with E-state index in [9.17, 15) is 4.79 Å². The van der Waals surface area contributed by atoms with Crippen LogP contribution in [0.25, 0.3) is 17.0 Å². The average Bonchev–Trinajstić information content (AvgIpc) is 3.04. The third kappa shape index (κ3) is 2.81. The standard InChI is InChI=1S/C16H14N2OS/c1-11-9-12-10-13(4-6-15(12)17-11)18-16(19)7-5-14-3-2-8-20-14/h2-10,17H,1H3,(H,18,19)/b7-5+. The fourth-order valence-corrected chi connectivity index (χ4v) is 2.70. The van der Waals surface area contributed by atoms with Crippen molar-refractivity contribution in [2.75, 3.05) is 5.32 Å². The number of rotatable bonds is 3. The van der Waals surface area contributed by atoms with E-state index < -0.39 is 0 Å². The molecular formula is C16H14N2OS. The first-order chi connectivity index (χ1) is 9.70. The van der Waals surface area contributed by atoms with Gasteiger partial charge in [0.1, 0.15) is 0 Å². The quantitative estimate of drug-likeness (QED) is 0.695. The monoisotopic (exact) mass is 282 g/mol. The molecule has 0 atom stereocenters. The Labute approximate surface area is 121 Å². The lowest BCUT2D eigenvalue weighted by molar-refractivity contribution is -0.111. The van der Waals surface area contributed by atoms with Crippen LogP contribution in [-0.2, 0) is 4.79 Å². The second-order valence-corrected chi connectivity index (χ2v) is 5.57. The van der Waals surface area contributed by atoms with Crippen molar-refractivity contribution in [3.05, 3.63) is 58.4 Å². The molecule has 100 valence electrons. The average molecular weight is 282 g/mol. The molecule has 3 aromatic rings. The van der Waals surface area contributed by atoms with Crippen molar-refractivity contribution in [3.8, 4) is 0 Å². The molecule has 0 bridgehead atoms. The molecule has 0 aliphatic rings. The van der Waals surface area contributed by atoms with Gasteiger partial charge in [-0.25, -0.2) is 0 Å². The molecule has 0 radical (unpaired) electrons. The molecule has 1 amide bonds. The number of carbonyl (C=O) groups excluding carboxylic acids is 1. The van der Waals surface area contributed by atoms with Crippen LogP contribution in [0.3, 0.4) is 0 Å². The van der Waals surface area contributed by atoms with Gasteiger partial charge in [0.25, 0.3) is 0 Å². The van der Waals surface area contributed by atoms with Gasteiger partial charge in [0.15, 0.2) is 0 Å². The first-order valence-electron chi connectivity index (χ1n) is 6.33. The minimum Gasteiger partial charge on any atom is -0.359 e. The molecule has 0 saturated carbocycles. The molecule has 1 aromatic carbocycles. The van der Waals surface area contributed by atoms with Crippen LogP contribution in [0, 0.1) is 6.92 Å². The topological polar surface area (TPSA) is 44.9 Å². The van der Waals surface area contributed by atoms with Gasteiger partial charge in [0, 0.05) is 33.2 Å². The third-order valence-corrected chi connectivity index (χ3v) is 3.80. The van der Waals surface area contributed by atoms with E-state index in [4.69, 9.17) is 0 Å². The Morgan fingerprint density at radius 1 is 1.30 bits per heavy atom. The van der Waals surface area contributed by atoms with Gasteiger partial charge in [0.2, 0.25) is 5.91 Å². The van der Waals surface area contributed by atoms with Crippen molar-refractivity contribution < 1.29 is 4.79 Å². The van der Waals surface area contributed by atoms with E-state index in [1.54, 1.807) is 17.4 Å². The van der Waals surface area contributed by atoms with E-state index in [0.717, 1.165) is 27.2 Å². The lowest BCUT2D eigenvalue weighted by atomic mass is 10.2. The van der Waals surface area contributed by atoms with Crippen molar-refractivity contribution in [3.63, 3.8) is 0 Å². The van der Waals surface area contributed by atoms with Gasteiger partial charge in [-0.2, -0.15) is 0 Å². The van der Waals surface area contributed by atoms with Crippen LogP contribution in [0.1, 0.15) is 10.6 Å². The smallest absolute Gasteiger partial charge is 0.248 e. The number of H-pyrrole nitrogens is 1. The molecule has 0 spiro atoms. The predicted octanol–water partition coefficient (Wildman–Crippen LogP) is 4.19. The van der Waals surface area contributed by atoms with E-state index in [2.05, 4.69) is 16.4 Å². The molecule has 0 aliphatic heterocycles. The maximum atomic E-state index is 11.8. The number of thiophene rings is 1. The number of aromatic nitrogens is 1. The maximum Gasteiger partial charge on any atom is 0.248 e. The van der Waals surface area contributed by atoms with Crippen LogP contribution in [0.4, 0.5) is 5.69 Å². The van der Waals surface area contributed by atoms with Gasteiger partial charge >= 0.3 is 0 Å². The summed E-state index contributed by atoms with van der Waals surface area (Å²) >= 11 is 1.60. The second-order valence-electron chi connectivity index (χ2n) is 4.59. The Kier molecular flexibility index (Phi) is 3.39. The zero-order chi connectivity index (χ0) is 13.9. The lowest BCUT2D eigenvalue weighted by Crippen LogP contribution is -2.07. The molecule has 20 heavy (non-hydrogen) atoms. The van der Waals surface area contributed by atoms with Crippen LogP contribution in [0.5, 0.6) is 0 Å². The SMILES string of the molecule is Cc1cc2cc(NC(=O)/C=C/c3cccs3)ccc2[nH]1. The van der Waals surface area contributed by atoms with Crippen molar-refractivity contribution in [2.24, 2.45) is 0 Å². The van der Waals surface area contributed by atoms with Crippen LogP contribution < -0.4 is 5.32 Å². The summed E-state index contributed by atoms with van der Waals surface area (Å²) in [5, 5.41) is 5.96. The summed E-state index contributed by atoms with van der Waals surface area (Å²) in [6.07, 6.45) is 3.37. The molecule has 0 fully saturated rings. The fraction of sp³-hybridized carbons (Fsp3) is 0.0625. The van der Waals surface area contributed by atoms with Crippen molar-refractivity contribution in [1.29, 1.82) is 0 Å². The number of aryl methyl sites for hydroxylation is 1. The summed E-state index contributed by atoms with van der Waals surface area (Å²) in [6, 6.07) is 11.8. The summed E-state index contributed by atoms with van der Waals surface area (Å²) < 4.78 is 0. The zero-order valence-electron chi connectivity index (χ0n) is 11.0. The number of anilines is 1. The summed E-state index contributed by atoms with van der Waals surface area (Å²) in [4.78, 5) is 16.2. The summed E-state index contributed by atoms with van der Waals surface area (Å²) in [5.74, 6) is -0.120. The van der Waals surface area contributed by atoms with Gasteiger partial charge < -0.3 is 10.3 Å². The molecule has 2 aromatic heterocycles. The number of hydrogen-bond acceptors (Lipinski definition) is 2. The first-order valence-corrected chi connectivity index (χ1v) is 7.21. The normalized spacial score (nSPS) is 11.2. The maximum absolute atomic E-state index is 11.8. The zero-order valence-corrected chi connectivity index (χ0v) is 11.8. The molecule has 4 heteroatoms. The van der Waals surface area contributed by atoms with Gasteiger partial charge in [-0.3, -0.25) is 4.79 Å². The van der Waals surface area contributed by atoms with Crippen molar-refractivity contribution in [1.82, 2.24) is 4.98 Å². The highest BCUT2D eigenvalue weighted by molar-refractivity contribution is 7.10. The molecule has 2 N–H and O–H groups in total. The number of nitrogens with one attached hydrogen (secondary N) is 2. The highest BCUT2D eigenvalue weighted by atomic mass is 32.1. The van der Waals surface area contributed by atoms with Gasteiger partial charge in [-0.15, -0.1) is 11.3 Å². The van der Waals surface area contributed by atoms with E-state index >= 15 is 0 Å². The highest BCUT2D eigenvalue weighted by Gasteiger charge is 2.01. The Morgan fingerprint density at radius 2 is 2.20 bits per heavy atom. The molecular weight excluding hydrogens is 268 g/mol. The summed E-state index contributed by atoms with van der Waals surface area (Å²) in [6.45, 7) is 2.02. The van der Waals surface area contributed by atoms with Crippen LogP contribution in [0.15, 0.2) is 47.9 Å². The first kappa shape index (κ1) is 12.7. The molecule has 3 nitrogen and oxygen atoms in total. The number of benzene rings is 1. The lowest BCUT2D eigenvalue weighted by Gasteiger charge is -2.01. The number of hydrogen-bond donors (Lipinski definition) is 2. The molecule has 0 saturated heterocycles. The Hall–Kier alpha value is -2.33. The van der Waals surface area contributed by atoms with Crippen LogP contribution >= 0.6 is 11.3 Å². The third-order valence-electron chi connectivity index (χ3n) is 2.97. The van der Waals surface area contributed by atoms with E-state index in [1.165, 1.54) is 0 Å². The van der Waals surface area contributed by atoms with Gasteiger partial charge in [-0.05, 0) is 48.7 Å². The minimum atomic E-state index is -0.120. The number of amides is 1. The summed E-state index contributed by atoms with van der Waals surface area (Å²) in [7, 11) is 0. The van der Waals surface area contributed by atoms with Crippen LogP contribution in [-0.4, -0.2) is 10.9 Å². The van der Waals surface area contributed by atoms with Crippen molar-refractivity contribution in [2.45, 2.75) is 6.92 Å². The van der Waals surface area contributed by atoms with Crippen molar-refractivity contribution >= 4 is 39.9 Å². The predicted molar refractivity (Wildman–Crippen MR) is 85.0 cm³/mol. The van der Waals surface area contributed by atoms with E-state index in [-0.39, 0.29) is 5.91 Å². The number of fused-ring (bicyclic) bond motifs is 1. The largest absolute Gasteiger partial charge is 0.359 e. The number of carbonyl (C=O) groups is 1. The molecule has 0 aliphatic carbocycles. The Balaban J connectivity index is 1.73. The number of aromatic amines is 1. The summed E-state index contributed by atoms with van der Waals surface area (Å²) in [5.41, 5.74) is 2.99. The molecule has 2 heterocycles. The van der Waals surface area contributed by atoms with E-state index in [1.807, 2.05) is 48.7 Å². The second kappa shape index (κ2) is 5.35. The fourth-order valence-electron chi connectivity index (χ4n) is 2.08. The Bertz CT molecular complexity index is 769. The van der Waals surface area contributed by atoms with Gasteiger partial charge in [0.05, 0.1) is 0 Å². The molecule has 3 rings (SSSR count). The minimum absolute atomic E-state index is 0.120. The Morgan fingerprint density at radius 3 is 3.00 bits per heavy atom. The van der Waals surface area contributed by atoms with Crippen LogP contribution in [0.2, 0.25) is 0 Å². The van der Waals surface area contributed by atoms with E-state index in [0.29, 0.717) is 0 Å². The highest BCUT2D eigenvalue weighted by Crippen LogP contribution is 2.20.